The number of nitriles is 1. The van der Waals surface area contributed by atoms with Crippen LogP contribution >= 0.6 is 12.2 Å². The summed E-state index contributed by atoms with van der Waals surface area (Å²) in [5, 5.41) is 11.7. The smallest absolute Gasteiger partial charge is 0.184 e. The molecular formula is C4H6N4S. The van der Waals surface area contributed by atoms with Crippen molar-refractivity contribution in [2.45, 2.75) is 6.92 Å². The Morgan fingerprint density at radius 3 is 2.78 bits per heavy atom. The van der Waals surface area contributed by atoms with E-state index in [1.54, 1.807) is 13.0 Å². The van der Waals surface area contributed by atoms with Gasteiger partial charge in [-0.05, 0) is 19.1 Å². The van der Waals surface area contributed by atoms with Gasteiger partial charge in [-0.25, -0.2) is 0 Å². The summed E-state index contributed by atoms with van der Waals surface area (Å²) in [6.07, 6.45) is 0. The molecule has 5 heteroatoms. The van der Waals surface area contributed by atoms with E-state index in [-0.39, 0.29) is 5.11 Å². The van der Waals surface area contributed by atoms with Crippen LogP contribution in [0, 0.1) is 11.3 Å². The van der Waals surface area contributed by atoms with E-state index in [0.29, 0.717) is 5.71 Å². The standard InChI is InChI=1S/C4H6N4S/c1-3(2-5)7-8-4(6)9/h1H3,(H3,6,8,9)/b7-3+. The number of hydrazone groups is 1. The van der Waals surface area contributed by atoms with E-state index in [0.717, 1.165) is 0 Å². The van der Waals surface area contributed by atoms with Gasteiger partial charge in [0, 0.05) is 0 Å². The second-order valence-corrected chi connectivity index (χ2v) is 1.72. The highest BCUT2D eigenvalue weighted by Crippen LogP contribution is 1.68. The first-order valence-electron chi connectivity index (χ1n) is 2.16. The lowest BCUT2D eigenvalue weighted by atomic mass is 10.5. The van der Waals surface area contributed by atoms with E-state index in [9.17, 15) is 0 Å². The van der Waals surface area contributed by atoms with Crippen LogP contribution in [-0.4, -0.2) is 10.8 Å². The van der Waals surface area contributed by atoms with Crippen molar-refractivity contribution < 1.29 is 0 Å². The normalized spacial score (nSPS) is 10.0. The lowest BCUT2D eigenvalue weighted by Crippen LogP contribution is -2.24. The molecule has 48 valence electrons. The molecule has 4 nitrogen and oxygen atoms in total. The Morgan fingerprint density at radius 2 is 2.44 bits per heavy atom. The minimum atomic E-state index is 0.0598. The topological polar surface area (TPSA) is 74.2 Å². The molecule has 0 unspecified atom stereocenters. The van der Waals surface area contributed by atoms with Crippen molar-refractivity contribution in [1.82, 2.24) is 5.43 Å². The van der Waals surface area contributed by atoms with Gasteiger partial charge in [-0.1, -0.05) is 0 Å². The maximum Gasteiger partial charge on any atom is 0.184 e. The second-order valence-electron chi connectivity index (χ2n) is 1.29. The van der Waals surface area contributed by atoms with Gasteiger partial charge in [-0.2, -0.15) is 10.4 Å². The molecule has 0 aliphatic heterocycles. The summed E-state index contributed by atoms with van der Waals surface area (Å²) in [7, 11) is 0. The summed E-state index contributed by atoms with van der Waals surface area (Å²) in [5.41, 5.74) is 7.56. The van der Waals surface area contributed by atoms with Crippen molar-refractivity contribution in [2.75, 3.05) is 0 Å². The van der Waals surface area contributed by atoms with Gasteiger partial charge in [0.2, 0.25) is 0 Å². The minimum Gasteiger partial charge on any atom is -0.375 e. The molecule has 0 saturated carbocycles. The zero-order chi connectivity index (χ0) is 7.28. The highest BCUT2D eigenvalue weighted by Gasteiger charge is 1.83. The van der Waals surface area contributed by atoms with Crippen LogP contribution in [0.1, 0.15) is 6.92 Å². The lowest BCUT2D eigenvalue weighted by Gasteiger charge is -1.91. The second kappa shape index (κ2) is 3.80. The van der Waals surface area contributed by atoms with E-state index in [4.69, 9.17) is 11.0 Å². The van der Waals surface area contributed by atoms with Gasteiger partial charge in [0.15, 0.2) is 5.11 Å². The Labute approximate surface area is 58.3 Å². The quantitative estimate of drug-likeness (QED) is 0.300. The Morgan fingerprint density at radius 1 is 1.89 bits per heavy atom. The molecule has 0 aliphatic rings. The van der Waals surface area contributed by atoms with Crippen LogP contribution in [0.3, 0.4) is 0 Å². The van der Waals surface area contributed by atoms with Crippen molar-refractivity contribution in [1.29, 1.82) is 5.26 Å². The average Bonchev–Trinajstić information content (AvgIpc) is 1.83. The summed E-state index contributed by atoms with van der Waals surface area (Å²) >= 11 is 4.41. The molecule has 0 saturated heterocycles. The maximum atomic E-state index is 8.14. The molecule has 0 bridgehead atoms. The fourth-order valence-corrected chi connectivity index (χ4v) is 0.210. The summed E-state index contributed by atoms with van der Waals surface area (Å²) in [6, 6.07) is 1.79. The summed E-state index contributed by atoms with van der Waals surface area (Å²) < 4.78 is 0. The Bertz CT molecular complexity index is 177. The third kappa shape index (κ3) is 4.71. The highest BCUT2D eigenvalue weighted by atomic mass is 32.1. The fraction of sp³-hybridized carbons (Fsp3) is 0.250. The SMILES string of the molecule is C/C(C#N)=N\NC(N)=S. The molecule has 0 amide bonds. The van der Waals surface area contributed by atoms with Crippen LogP contribution in [0.5, 0.6) is 0 Å². The Kier molecular flexibility index (Phi) is 3.32. The average molecular weight is 142 g/mol. The number of rotatable bonds is 1. The van der Waals surface area contributed by atoms with Crippen LogP contribution in [0.15, 0.2) is 5.10 Å². The number of nitrogens with one attached hydrogen (secondary N) is 1. The first-order valence-corrected chi connectivity index (χ1v) is 2.57. The summed E-state index contributed by atoms with van der Waals surface area (Å²) in [6.45, 7) is 1.55. The number of hydrogen-bond donors (Lipinski definition) is 2. The van der Waals surface area contributed by atoms with Gasteiger partial charge < -0.3 is 5.73 Å². The molecule has 0 atom stereocenters. The van der Waals surface area contributed by atoms with E-state index in [1.807, 2.05) is 0 Å². The van der Waals surface area contributed by atoms with E-state index < -0.39 is 0 Å². The van der Waals surface area contributed by atoms with Gasteiger partial charge in [0.25, 0.3) is 0 Å². The fourth-order valence-electron chi connectivity index (χ4n) is 0.164. The molecule has 0 fully saturated rings. The van der Waals surface area contributed by atoms with Crippen LogP contribution in [0.25, 0.3) is 0 Å². The maximum absolute atomic E-state index is 8.14. The highest BCUT2D eigenvalue weighted by molar-refractivity contribution is 7.80. The van der Waals surface area contributed by atoms with Gasteiger partial charge in [-0.15, -0.1) is 0 Å². The van der Waals surface area contributed by atoms with E-state index in [1.165, 1.54) is 0 Å². The molecule has 0 heterocycles. The number of thiocarbonyl (C=S) groups is 1. The molecule has 0 aromatic heterocycles. The lowest BCUT2D eigenvalue weighted by molar-refractivity contribution is 1.03. The zero-order valence-corrected chi connectivity index (χ0v) is 5.70. The van der Waals surface area contributed by atoms with Crippen LogP contribution in [-0.2, 0) is 0 Å². The molecule has 0 aliphatic carbocycles. The first kappa shape index (κ1) is 7.85. The summed E-state index contributed by atoms with van der Waals surface area (Å²) in [4.78, 5) is 0. The van der Waals surface area contributed by atoms with Crippen LogP contribution < -0.4 is 11.2 Å². The Balaban J connectivity index is 3.74. The molecule has 0 radical (unpaired) electrons. The zero-order valence-electron chi connectivity index (χ0n) is 4.88. The van der Waals surface area contributed by atoms with Crippen molar-refractivity contribution >= 4 is 23.0 Å². The van der Waals surface area contributed by atoms with Gasteiger partial charge in [0.05, 0.1) is 0 Å². The molecular weight excluding hydrogens is 136 g/mol. The van der Waals surface area contributed by atoms with Gasteiger partial charge in [0.1, 0.15) is 11.8 Å². The molecule has 0 aromatic rings. The number of nitrogens with zero attached hydrogens (tertiary/aromatic N) is 2. The molecule has 9 heavy (non-hydrogen) atoms. The van der Waals surface area contributed by atoms with Crippen molar-refractivity contribution in [3.63, 3.8) is 0 Å². The predicted molar refractivity (Wildman–Crippen MR) is 38.6 cm³/mol. The minimum absolute atomic E-state index is 0.0598. The predicted octanol–water partition coefficient (Wildman–Crippen LogP) is -0.281. The monoisotopic (exact) mass is 142 g/mol. The third-order valence-corrected chi connectivity index (χ3v) is 0.587. The number of nitrogens with two attached hydrogens (primary N) is 1. The van der Waals surface area contributed by atoms with Crippen molar-refractivity contribution in [3.8, 4) is 6.07 Å². The van der Waals surface area contributed by atoms with Crippen molar-refractivity contribution in [2.24, 2.45) is 10.8 Å². The molecule has 0 spiro atoms. The van der Waals surface area contributed by atoms with E-state index in [2.05, 4.69) is 22.7 Å². The first-order chi connectivity index (χ1) is 4.16. The van der Waals surface area contributed by atoms with E-state index >= 15 is 0 Å². The Hall–Kier alpha value is -1.15. The molecule has 0 aromatic carbocycles. The van der Waals surface area contributed by atoms with Crippen LogP contribution in [0.2, 0.25) is 0 Å². The molecule has 0 rings (SSSR count). The van der Waals surface area contributed by atoms with Gasteiger partial charge >= 0.3 is 0 Å². The van der Waals surface area contributed by atoms with Gasteiger partial charge in [-0.3, -0.25) is 5.43 Å². The third-order valence-electron chi connectivity index (χ3n) is 0.496. The largest absolute Gasteiger partial charge is 0.375 e. The molecule has 3 N–H and O–H groups in total. The number of hydrogen-bond acceptors (Lipinski definition) is 3. The summed E-state index contributed by atoms with van der Waals surface area (Å²) in [5.74, 6) is 0. The van der Waals surface area contributed by atoms with Crippen LogP contribution in [0.4, 0.5) is 0 Å². The van der Waals surface area contributed by atoms with Crippen molar-refractivity contribution in [3.05, 3.63) is 0 Å².